The highest BCUT2D eigenvalue weighted by Crippen LogP contribution is 2.13. The zero-order chi connectivity index (χ0) is 34.2. The minimum absolute atomic E-state index is 0.00397. The van der Waals surface area contributed by atoms with Gasteiger partial charge in [0.25, 0.3) is 0 Å². The third-order valence-electron chi connectivity index (χ3n) is 6.97. The molecule has 47 heavy (non-hydrogen) atoms. The highest BCUT2D eigenvalue weighted by atomic mass is 32.2. The van der Waals surface area contributed by atoms with Crippen molar-refractivity contribution in [3.05, 3.63) is 102 Å². The first-order chi connectivity index (χ1) is 22.5. The van der Waals surface area contributed by atoms with E-state index in [9.17, 15) is 28.5 Å². The van der Waals surface area contributed by atoms with E-state index >= 15 is 0 Å². The fraction of sp³-hybridized carbons (Fsp3) is 0.303. The Kier molecular flexibility index (Phi) is 14.4. The highest BCUT2D eigenvalue weighted by Gasteiger charge is 2.30. The maximum atomic E-state index is 13.6. The van der Waals surface area contributed by atoms with Crippen LogP contribution in [0.15, 0.2) is 89.9 Å². The Morgan fingerprint density at radius 3 is 1.91 bits per heavy atom. The number of nitrogens with one attached hydrogen (secondary N) is 4. The minimum atomic E-state index is -1.29. The predicted molar refractivity (Wildman–Crippen MR) is 180 cm³/mol. The molecule has 4 atom stereocenters. The van der Waals surface area contributed by atoms with E-state index in [1.807, 2.05) is 36.4 Å². The third kappa shape index (κ3) is 13.3. The second-order valence-corrected chi connectivity index (χ2v) is 12.4. The van der Waals surface area contributed by atoms with E-state index in [1.165, 1.54) is 18.4 Å². The van der Waals surface area contributed by atoms with Crippen molar-refractivity contribution in [2.45, 2.75) is 43.9 Å². The fourth-order valence-electron chi connectivity index (χ4n) is 4.53. The summed E-state index contributed by atoms with van der Waals surface area (Å²) in [7, 11) is -1.29. The van der Waals surface area contributed by atoms with Gasteiger partial charge in [0.1, 0.15) is 23.9 Å². The van der Waals surface area contributed by atoms with Gasteiger partial charge in [-0.25, -0.2) is 4.99 Å². The van der Waals surface area contributed by atoms with Crippen LogP contribution in [0.25, 0.3) is 0 Å². The molecule has 0 bridgehead atoms. The normalized spacial score (nSPS) is 13.2. The molecule has 0 aliphatic carbocycles. The molecule has 3 rings (SSSR count). The molecule has 0 saturated heterocycles. The molecule has 3 aromatic carbocycles. The van der Waals surface area contributed by atoms with Crippen molar-refractivity contribution in [2.75, 3.05) is 18.6 Å². The molecule has 0 aliphatic rings. The number of nitrogens with zero attached hydrogens (tertiary/aromatic N) is 1. The van der Waals surface area contributed by atoms with Crippen LogP contribution in [0.4, 0.5) is 0 Å². The quantitative estimate of drug-likeness (QED) is 0.0768. The number of hydrogen-bond donors (Lipinski definition) is 7. The first-order valence-electron chi connectivity index (χ1n) is 14.9. The minimum Gasteiger partial charge on any atom is -0.508 e. The number of phenols is 1. The summed E-state index contributed by atoms with van der Waals surface area (Å²) in [5.74, 6) is -2.60. The molecule has 0 aromatic heterocycles. The summed E-state index contributed by atoms with van der Waals surface area (Å²) in [4.78, 5) is 56.9. The van der Waals surface area contributed by atoms with Crippen molar-refractivity contribution >= 4 is 40.4 Å². The second kappa shape index (κ2) is 18.7. The van der Waals surface area contributed by atoms with Gasteiger partial charge in [-0.1, -0.05) is 72.8 Å². The van der Waals surface area contributed by atoms with Crippen LogP contribution < -0.4 is 32.7 Å². The van der Waals surface area contributed by atoms with Crippen molar-refractivity contribution in [3.63, 3.8) is 0 Å². The zero-order valence-corrected chi connectivity index (χ0v) is 26.9. The average Bonchev–Trinajstić information content (AvgIpc) is 3.05. The maximum Gasteiger partial charge on any atom is 0.245 e. The maximum absolute atomic E-state index is 13.6. The van der Waals surface area contributed by atoms with Gasteiger partial charge in [-0.05, 0) is 35.2 Å². The predicted octanol–water partition coefficient (Wildman–Crippen LogP) is -0.00980. The smallest absolute Gasteiger partial charge is 0.245 e. The summed E-state index contributed by atoms with van der Waals surface area (Å²) < 4.78 is 12.0. The van der Waals surface area contributed by atoms with Crippen LogP contribution in [0.5, 0.6) is 5.75 Å². The van der Waals surface area contributed by atoms with E-state index < -0.39 is 52.6 Å². The molecular formula is C33H41N7O6S. The molecule has 9 N–H and O–H groups in total. The van der Waals surface area contributed by atoms with Crippen LogP contribution in [-0.2, 0) is 49.4 Å². The molecule has 4 amide bonds. The molecule has 0 saturated carbocycles. The van der Waals surface area contributed by atoms with E-state index in [0.29, 0.717) is 5.56 Å². The fourth-order valence-corrected chi connectivity index (χ4v) is 5.10. The van der Waals surface area contributed by atoms with Crippen molar-refractivity contribution < 1.29 is 28.5 Å². The number of rotatable bonds is 17. The van der Waals surface area contributed by atoms with Crippen LogP contribution >= 0.6 is 0 Å². The summed E-state index contributed by atoms with van der Waals surface area (Å²) in [6.45, 7) is -0.0350. The molecule has 0 radical (unpaired) electrons. The van der Waals surface area contributed by atoms with Crippen molar-refractivity contribution in [2.24, 2.45) is 16.5 Å². The number of phenolic OH excluding ortho intramolecular Hbond substituents is 1. The summed E-state index contributed by atoms with van der Waals surface area (Å²) in [5, 5.41) is 20.3. The Hall–Kier alpha value is -5.24. The van der Waals surface area contributed by atoms with Gasteiger partial charge in [0.2, 0.25) is 23.6 Å². The van der Waals surface area contributed by atoms with Crippen LogP contribution in [0.3, 0.4) is 0 Å². The van der Waals surface area contributed by atoms with E-state index in [1.54, 1.807) is 36.4 Å². The molecule has 1 unspecified atom stereocenters. The molecule has 14 heteroatoms. The Balaban J connectivity index is 1.74. The summed E-state index contributed by atoms with van der Waals surface area (Å²) in [5.41, 5.74) is 13.5. The zero-order valence-electron chi connectivity index (χ0n) is 26.1. The first kappa shape index (κ1) is 36.2. The summed E-state index contributed by atoms with van der Waals surface area (Å²) in [6, 6.07) is 21.0. The molecule has 0 aliphatic heterocycles. The second-order valence-electron chi connectivity index (χ2n) is 10.8. The monoisotopic (exact) mass is 663 g/mol. The Bertz CT molecular complexity index is 1530. The number of carbonyl (C=O) groups excluding carboxylic acids is 4. The van der Waals surface area contributed by atoms with E-state index in [-0.39, 0.29) is 49.8 Å². The molecule has 0 spiro atoms. The van der Waals surface area contributed by atoms with E-state index in [4.69, 9.17) is 11.5 Å². The SMILES string of the molecule is CS(=O)CC[C@@H](NC(=O)[C@H](Cc1ccc(O)cc1)N=C(N)N)C(=O)N[C@@H](Cc1ccccc1)C(=O)NCC(=O)NCc1ccccc1. The number of hydrogen-bond acceptors (Lipinski definition) is 7. The van der Waals surface area contributed by atoms with Gasteiger partial charge in [0.15, 0.2) is 5.96 Å². The summed E-state index contributed by atoms with van der Waals surface area (Å²) >= 11 is 0. The number of aromatic hydroxyl groups is 1. The molecule has 250 valence electrons. The third-order valence-corrected chi connectivity index (χ3v) is 7.78. The molecular weight excluding hydrogens is 622 g/mol. The number of guanidine groups is 1. The van der Waals surface area contributed by atoms with Crippen LogP contribution in [0, 0.1) is 0 Å². The first-order valence-corrected chi connectivity index (χ1v) is 16.6. The lowest BCUT2D eigenvalue weighted by atomic mass is 10.0. The van der Waals surface area contributed by atoms with Crippen molar-refractivity contribution in [3.8, 4) is 5.75 Å². The van der Waals surface area contributed by atoms with E-state index in [0.717, 1.165) is 11.1 Å². The highest BCUT2D eigenvalue weighted by molar-refractivity contribution is 7.84. The number of carbonyl (C=O) groups is 4. The Labute approximate surface area is 276 Å². The lowest BCUT2D eigenvalue weighted by Gasteiger charge is -2.24. The van der Waals surface area contributed by atoms with Crippen LogP contribution in [-0.4, -0.2) is 75.6 Å². The van der Waals surface area contributed by atoms with Crippen molar-refractivity contribution in [1.29, 1.82) is 0 Å². The standard InChI is InChI=1S/C33H41N7O6S/c1-47(46)17-16-26(38-32(45)28(40-33(34)35)19-23-12-14-25(41)15-13-23)31(44)39-27(18-22-8-4-2-5-9-22)30(43)37-21-29(42)36-20-24-10-6-3-7-11-24/h2-15,26-28,41H,16-21H2,1H3,(H,36,42)(H,37,43)(H,38,45)(H,39,44)(H4,34,35,40)/t26-,27+,28+,47?/m1/s1. The van der Waals surface area contributed by atoms with Gasteiger partial charge < -0.3 is 37.8 Å². The van der Waals surface area contributed by atoms with Crippen LogP contribution in [0.2, 0.25) is 0 Å². The lowest BCUT2D eigenvalue weighted by molar-refractivity contribution is -0.133. The van der Waals surface area contributed by atoms with E-state index in [2.05, 4.69) is 26.3 Å². The number of amides is 4. The van der Waals surface area contributed by atoms with Crippen LogP contribution in [0.1, 0.15) is 23.1 Å². The van der Waals surface area contributed by atoms with Gasteiger partial charge in [-0.15, -0.1) is 0 Å². The topological polar surface area (TPSA) is 218 Å². The number of aliphatic imine (C=N–C) groups is 1. The van der Waals surface area contributed by atoms with Gasteiger partial charge in [0, 0.05) is 42.2 Å². The largest absolute Gasteiger partial charge is 0.508 e. The molecule has 13 nitrogen and oxygen atoms in total. The molecule has 0 heterocycles. The Morgan fingerprint density at radius 2 is 1.32 bits per heavy atom. The van der Waals surface area contributed by atoms with Gasteiger partial charge in [-0.3, -0.25) is 23.4 Å². The molecule has 3 aromatic rings. The van der Waals surface area contributed by atoms with Crippen molar-refractivity contribution in [1.82, 2.24) is 21.3 Å². The average molecular weight is 664 g/mol. The Morgan fingerprint density at radius 1 is 0.745 bits per heavy atom. The van der Waals surface area contributed by atoms with Gasteiger partial charge >= 0.3 is 0 Å². The number of benzene rings is 3. The summed E-state index contributed by atoms with van der Waals surface area (Å²) in [6.07, 6.45) is 1.62. The molecule has 0 fully saturated rings. The number of nitrogens with two attached hydrogens (primary N) is 2. The van der Waals surface area contributed by atoms with Gasteiger partial charge in [0.05, 0.1) is 6.54 Å². The lowest BCUT2D eigenvalue weighted by Crippen LogP contribution is -2.56. The van der Waals surface area contributed by atoms with Gasteiger partial charge in [-0.2, -0.15) is 0 Å².